The van der Waals surface area contributed by atoms with E-state index in [9.17, 15) is 13.2 Å². The topological polar surface area (TPSA) is 51.2 Å². The van der Waals surface area contributed by atoms with Crippen LogP contribution in [-0.2, 0) is 14.6 Å². The van der Waals surface area contributed by atoms with Crippen LogP contribution in [0.25, 0.3) is 0 Å². The average molecular weight is 361 g/mol. The molecule has 0 fully saturated rings. The van der Waals surface area contributed by atoms with Crippen LogP contribution in [-0.4, -0.2) is 20.0 Å². The van der Waals surface area contributed by atoms with Gasteiger partial charge in [-0.2, -0.15) is 0 Å². The van der Waals surface area contributed by atoms with E-state index in [4.69, 9.17) is 11.6 Å². The summed E-state index contributed by atoms with van der Waals surface area (Å²) in [6.45, 7) is 0. The summed E-state index contributed by atoms with van der Waals surface area (Å²) in [6, 6.07) is 17.8. The predicted octanol–water partition coefficient (Wildman–Crippen LogP) is 4.10. The van der Waals surface area contributed by atoms with Gasteiger partial charge in [-0.05, 0) is 30.0 Å². The molecule has 2 aromatic rings. The van der Waals surface area contributed by atoms with Crippen molar-refractivity contribution < 1.29 is 13.2 Å². The first-order chi connectivity index (χ1) is 11.5. The molecule has 0 N–H and O–H groups in total. The van der Waals surface area contributed by atoms with E-state index >= 15 is 0 Å². The van der Waals surface area contributed by atoms with Gasteiger partial charge in [0.25, 0.3) is 0 Å². The SMILES string of the molecule is O=C1C[C@@H](c2ccccc2)CC(Cl)=C1CS(=O)(=O)c1ccccc1. The highest BCUT2D eigenvalue weighted by Crippen LogP contribution is 2.37. The average Bonchev–Trinajstić information content (AvgIpc) is 2.59. The molecule has 24 heavy (non-hydrogen) atoms. The van der Waals surface area contributed by atoms with Crippen molar-refractivity contribution in [1.82, 2.24) is 0 Å². The number of carbonyl (C=O) groups excluding carboxylic acids is 1. The molecule has 0 radical (unpaired) electrons. The first kappa shape index (κ1) is 16.9. The first-order valence-corrected chi connectivity index (χ1v) is 9.74. The molecule has 0 aromatic heterocycles. The number of Topliss-reactive ketones (excluding diaryl/α,β-unsaturated/α-hetero) is 1. The van der Waals surface area contributed by atoms with Gasteiger partial charge in [0.15, 0.2) is 15.6 Å². The molecule has 0 bridgehead atoms. The van der Waals surface area contributed by atoms with Crippen LogP contribution in [0.2, 0.25) is 0 Å². The van der Waals surface area contributed by atoms with Crippen molar-refractivity contribution in [2.75, 3.05) is 5.75 Å². The Kier molecular flexibility index (Phi) is 4.88. The molecular weight excluding hydrogens is 344 g/mol. The Hall–Kier alpha value is -1.91. The molecule has 0 amide bonds. The van der Waals surface area contributed by atoms with E-state index in [1.165, 1.54) is 12.1 Å². The quantitative estimate of drug-likeness (QED) is 0.824. The molecule has 1 aliphatic carbocycles. The van der Waals surface area contributed by atoms with Crippen LogP contribution in [0.15, 0.2) is 76.2 Å². The van der Waals surface area contributed by atoms with Gasteiger partial charge in [0, 0.05) is 17.0 Å². The summed E-state index contributed by atoms with van der Waals surface area (Å²) in [7, 11) is -3.57. The Morgan fingerprint density at radius 3 is 2.08 bits per heavy atom. The number of sulfone groups is 1. The van der Waals surface area contributed by atoms with Crippen LogP contribution >= 0.6 is 11.6 Å². The number of allylic oxidation sites excluding steroid dienone is 1. The molecule has 0 aliphatic heterocycles. The zero-order valence-electron chi connectivity index (χ0n) is 13.0. The lowest BCUT2D eigenvalue weighted by atomic mass is 9.84. The standard InChI is InChI=1S/C19H17ClO3S/c20-18-11-15(14-7-3-1-4-8-14)12-19(21)17(18)13-24(22,23)16-9-5-2-6-10-16/h1-10,15H,11-13H2/t15-/m0/s1. The fourth-order valence-corrected chi connectivity index (χ4v) is 4.82. The highest BCUT2D eigenvalue weighted by atomic mass is 35.5. The van der Waals surface area contributed by atoms with Crippen LogP contribution in [0.4, 0.5) is 0 Å². The fourth-order valence-electron chi connectivity index (χ4n) is 2.93. The van der Waals surface area contributed by atoms with Gasteiger partial charge in [-0.25, -0.2) is 8.42 Å². The Balaban J connectivity index is 1.85. The molecule has 3 rings (SSSR count). The van der Waals surface area contributed by atoms with Gasteiger partial charge in [0.05, 0.1) is 10.6 Å². The van der Waals surface area contributed by atoms with Gasteiger partial charge in [0.1, 0.15) is 0 Å². The zero-order chi connectivity index (χ0) is 17.2. The van der Waals surface area contributed by atoms with E-state index in [0.717, 1.165) is 5.56 Å². The molecule has 0 unspecified atom stereocenters. The summed E-state index contributed by atoms with van der Waals surface area (Å²) in [5.41, 5.74) is 1.28. The zero-order valence-corrected chi connectivity index (χ0v) is 14.6. The smallest absolute Gasteiger partial charge is 0.182 e. The van der Waals surface area contributed by atoms with Crippen LogP contribution in [0.5, 0.6) is 0 Å². The highest BCUT2D eigenvalue weighted by Gasteiger charge is 2.31. The van der Waals surface area contributed by atoms with Crippen molar-refractivity contribution in [3.8, 4) is 0 Å². The third-order valence-corrected chi connectivity index (χ3v) is 6.27. The molecule has 5 heteroatoms. The van der Waals surface area contributed by atoms with Crippen LogP contribution in [0.3, 0.4) is 0 Å². The van der Waals surface area contributed by atoms with Crippen molar-refractivity contribution in [3.63, 3.8) is 0 Å². The predicted molar refractivity (Wildman–Crippen MR) is 94.8 cm³/mol. The first-order valence-electron chi connectivity index (χ1n) is 7.71. The van der Waals surface area contributed by atoms with Crippen molar-refractivity contribution in [1.29, 1.82) is 0 Å². The number of hydrogen-bond acceptors (Lipinski definition) is 3. The van der Waals surface area contributed by atoms with Crippen molar-refractivity contribution in [3.05, 3.63) is 76.8 Å². The minimum atomic E-state index is -3.57. The number of carbonyl (C=O) groups is 1. The molecule has 124 valence electrons. The number of rotatable bonds is 4. The number of benzene rings is 2. The molecule has 3 nitrogen and oxygen atoms in total. The summed E-state index contributed by atoms with van der Waals surface area (Å²) in [6.07, 6.45) is 0.789. The maximum Gasteiger partial charge on any atom is 0.182 e. The van der Waals surface area contributed by atoms with E-state index in [-0.39, 0.29) is 27.9 Å². The molecule has 0 spiro atoms. The summed E-state index contributed by atoms with van der Waals surface area (Å²) in [5, 5.41) is 0.361. The van der Waals surface area contributed by atoms with E-state index in [2.05, 4.69) is 0 Å². The molecule has 1 atom stereocenters. The maximum absolute atomic E-state index is 12.5. The second-order valence-electron chi connectivity index (χ2n) is 5.89. The lowest BCUT2D eigenvalue weighted by Crippen LogP contribution is -2.22. The van der Waals surface area contributed by atoms with Crippen LogP contribution in [0, 0.1) is 0 Å². The monoisotopic (exact) mass is 360 g/mol. The summed E-state index contributed by atoms with van der Waals surface area (Å²) >= 11 is 6.31. The second-order valence-corrected chi connectivity index (χ2v) is 8.34. The lowest BCUT2D eigenvalue weighted by molar-refractivity contribution is -0.116. The third kappa shape index (κ3) is 3.60. The summed E-state index contributed by atoms with van der Waals surface area (Å²) in [4.78, 5) is 12.7. The van der Waals surface area contributed by atoms with Crippen molar-refractivity contribution in [2.24, 2.45) is 0 Å². The van der Waals surface area contributed by atoms with Gasteiger partial charge < -0.3 is 0 Å². The molecule has 0 heterocycles. The van der Waals surface area contributed by atoms with E-state index in [0.29, 0.717) is 17.9 Å². The summed E-state index contributed by atoms with van der Waals surface area (Å²) in [5.74, 6) is -0.509. The molecule has 0 saturated heterocycles. The Morgan fingerprint density at radius 1 is 0.917 bits per heavy atom. The fraction of sp³-hybridized carbons (Fsp3) is 0.211. The number of ketones is 1. The number of halogens is 1. The largest absolute Gasteiger partial charge is 0.294 e. The Bertz CT molecular complexity index is 871. The van der Waals surface area contributed by atoms with Crippen molar-refractivity contribution >= 4 is 27.2 Å². The third-order valence-electron chi connectivity index (χ3n) is 4.23. The van der Waals surface area contributed by atoms with Gasteiger partial charge in [-0.3, -0.25) is 4.79 Å². The van der Waals surface area contributed by atoms with E-state index in [1.807, 2.05) is 30.3 Å². The van der Waals surface area contributed by atoms with Crippen LogP contribution in [0.1, 0.15) is 24.3 Å². The normalized spacial score (nSPS) is 18.7. The van der Waals surface area contributed by atoms with E-state index in [1.54, 1.807) is 18.2 Å². The lowest BCUT2D eigenvalue weighted by Gasteiger charge is -2.24. The molecule has 0 saturated carbocycles. The Morgan fingerprint density at radius 2 is 1.50 bits per heavy atom. The minimum absolute atomic E-state index is 0.00868. The van der Waals surface area contributed by atoms with E-state index < -0.39 is 9.84 Å². The summed E-state index contributed by atoms with van der Waals surface area (Å²) < 4.78 is 25.0. The van der Waals surface area contributed by atoms with Gasteiger partial charge in [-0.1, -0.05) is 60.1 Å². The molecule has 2 aromatic carbocycles. The van der Waals surface area contributed by atoms with Crippen molar-refractivity contribution in [2.45, 2.75) is 23.7 Å². The Labute approximate surface area is 146 Å². The molecular formula is C19H17ClO3S. The minimum Gasteiger partial charge on any atom is -0.294 e. The maximum atomic E-state index is 12.5. The second kappa shape index (κ2) is 6.91. The van der Waals surface area contributed by atoms with Gasteiger partial charge >= 0.3 is 0 Å². The van der Waals surface area contributed by atoms with Gasteiger partial charge in [0.2, 0.25) is 0 Å². The molecule has 1 aliphatic rings. The van der Waals surface area contributed by atoms with Crippen LogP contribution < -0.4 is 0 Å². The van der Waals surface area contributed by atoms with Gasteiger partial charge in [-0.15, -0.1) is 0 Å². The number of hydrogen-bond donors (Lipinski definition) is 0. The highest BCUT2D eigenvalue weighted by molar-refractivity contribution is 7.91.